The van der Waals surface area contributed by atoms with Crippen LogP contribution in [0.15, 0.2) is 73.3 Å². The van der Waals surface area contributed by atoms with E-state index in [0.717, 1.165) is 41.9 Å². The summed E-state index contributed by atoms with van der Waals surface area (Å²) in [4.78, 5) is 0. The first kappa shape index (κ1) is 25.4. The molecule has 1 fully saturated rings. The standard InChI is InChI=1S/C33H33F3O/c1-3-21-4-6-22(7-5-21)23-8-12-25(13-9-23)28-17-16-27(20-30(28)34)24-10-14-26(15-11-24)29-18-19-31(37-2)33(36)32(29)35/h3,10-12,14-23H,1,4-9,13H2,2H3. The Kier molecular flexibility index (Phi) is 7.55. The Morgan fingerprint density at radius 3 is 2.05 bits per heavy atom. The van der Waals surface area contributed by atoms with E-state index < -0.39 is 11.6 Å². The Hall–Kier alpha value is -3.27. The van der Waals surface area contributed by atoms with E-state index in [1.807, 2.05) is 12.1 Å². The summed E-state index contributed by atoms with van der Waals surface area (Å²) in [5, 5.41) is 0. The first-order valence-corrected chi connectivity index (χ1v) is 13.2. The van der Waals surface area contributed by atoms with Crippen LogP contribution >= 0.6 is 0 Å². The molecule has 0 N–H and O–H groups in total. The first-order chi connectivity index (χ1) is 18.0. The average Bonchev–Trinajstić information content (AvgIpc) is 2.95. The molecule has 0 heterocycles. The molecule has 1 atom stereocenters. The van der Waals surface area contributed by atoms with Gasteiger partial charge in [0.15, 0.2) is 11.6 Å². The Bertz CT molecular complexity index is 1300. The second kappa shape index (κ2) is 11.0. The maximum Gasteiger partial charge on any atom is 0.201 e. The highest BCUT2D eigenvalue weighted by molar-refractivity contribution is 5.74. The van der Waals surface area contributed by atoms with Crippen LogP contribution in [-0.4, -0.2) is 7.11 Å². The lowest BCUT2D eigenvalue weighted by Gasteiger charge is -2.34. The quantitative estimate of drug-likeness (QED) is 0.305. The van der Waals surface area contributed by atoms with Gasteiger partial charge in [0.1, 0.15) is 5.82 Å². The van der Waals surface area contributed by atoms with Gasteiger partial charge in [-0.1, -0.05) is 48.6 Å². The van der Waals surface area contributed by atoms with Crippen molar-refractivity contribution in [1.82, 2.24) is 0 Å². The predicted octanol–water partition coefficient (Wildman–Crippen LogP) is 9.62. The van der Waals surface area contributed by atoms with Crippen molar-refractivity contribution in [1.29, 1.82) is 0 Å². The normalized spacial score (nSPS) is 21.8. The van der Waals surface area contributed by atoms with Crippen molar-refractivity contribution >= 4 is 5.57 Å². The van der Waals surface area contributed by atoms with Crippen molar-refractivity contribution in [3.8, 4) is 28.0 Å². The Morgan fingerprint density at radius 1 is 0.757 bits per heavy atom. The van der Waals surface area contributed by atoms with Crippen molar-refractivity contribution in [2.75, 3.05) is 7.11 Å². The zero-order chi connectivity index (χ0) is 25.9. The van der Waals surface area contributed by atoms with E-state index in [2.05, 4.69) is 18.7 Å². The van der Waals surface area contributed by atoms with E-state index in [1.165, 1.54) is 44.9 Å². The Morgan fingerprint density at radius 2 is 1.43 bits per heavy atom. The summed E-state index contributed by atoms with van der Waals surface area (Å²) in [6.45, 7) is 3.95. The third kappa shape index (κ3) is 5.25. The molecule has 1 saturated carbocycles. The highest BCUT2D eigenvalue weighted by Gasteiger charge is 2.28. The molecule has 0 aromatic heterocycles. The van der Waals surface area contributed by atoms with Gasteiger partial charge in [0.2, 0.25) is 5.82 Å². The SMILES string of the molecule is C=CC1CCC(C2CC=C(c3ccc(-c4ccc(-c5ccc(OC)c(F)c5F)cc4)cc3F)CC2)CC1. The van der Waals surface area contributed by atoms with E-state index in [-0.39, 0.29) is 17.1 Å². The third-order valence-electron chi connectivity index (χ3n) is 8.38. The Balaban J connectivity index is 1.28. The van der Waals surface area contributed by atoms with Gasteiger partial charge in [-0.05, 0) is 103 Å². The molecule has 0 aliphatic heterocycles. The molecule has 0 bridgehead atoms. The van der Waals surface area contributed by atoms with E-state index in [4.69, 9.17) is 4.74 Å². The smallest absolute Gasteiger partial charge is 0.201 e. The number of allylic oxidation sites excluding steroid dienone is 3. The van der Waals surface area contributed by atoms with Crippen molar-refractivity contribution in [3.63, 3.8) is 0 Å². The number of rotatable bonds is 6. The van der Waals surface area contributed by atoms with Gasteiger partial charge in [-0.25, -0.2) is 8.78 Å². The number of hydrogen-bond acceptors (Lipinski definition) is 1. The van der Waals surface area contributed by atoms with Crippen LogP contribution in [0.4, 0.5) is 13.2 Å². The van der Waals surface area contributed by atoms with Crippen molar-refractivity contribution in [3.05, 3.63) is 96.3 Å². The number of hydrogen-bond donors (Lipinski definition) is 0. The fraction of sp³-hybridized carbons (Fsp3) is 0.333. The molecule has 0 spiro atoms. The fourth-order valence-corrected chi connectivity index (χ4v) is 6.09. The minimum absolute atomic E-state index is 0.132. The number of ether oxygens (including phenoxy) is 1. The zero-order valence-electron chi connectivity index (χ0n) is 21.3. The van der Waals surface area contributed by atoms with Crippen LogP contribution in [0.5, 0.6) is 5.75 Å². The summed E-state index contributed by atoms with van der Waals surface area (Å²) in [5.41, 5.74) is 4.05. The maximum absolute atomic E-state index is 15.2. The van der Waals surface area contributed by atoms with Crippen molar-refractivity contribution < 1.29 is 17.9 Å². The summed E-state index contributed by atoms with van der Waals surface area (Å²) < 4.78 is 48.7. The van der Waals surface area contributed by atoms with Crippen LogP contribution < -0.4 is 4.74 Å². The van der Waals surface area contributed by atoms with Gasteiger partial charge in [0, 0.05) is 11.1 Å². The number of methoxy groups -OCH3 is 1. The van der Waals surface area contributed by atoms with Crippen LogP contribution in [0.1, 0.15) is 50.5 Å². The molecule has 2 aliphatic rings. The first-order valence-electron chi connectivity index (χ1n) is 13.2. The molecule has 0 amide bonds. The average molecular weight is 503 g/mol. The van der Waals surface area contributed by atoms with E-state index >= 15 is 4.39 Å². The summed E-state index contributed by atoms with van der Waals surface area (Å²) in [6, 6.07) is 15.3. The summed E-state index contributed by atoms with van der Waals surface area (Å²) in [6.07, 6.45) is 12.5. The van der Waals surface area contributed by atoms with Gasteiger partial charge >= 0.3 is 0 Å². The summed E-state index contributed by atoms with van der Waals surface area (Å²) in [7, 11) is 1.30. The highest BCUT2D eigenvalue weighted by Crippen LogP contribution is 2.42. The van der Waals surface area contributed by atoms with Crippen LogP contribution in [0.2, 0.25) is 0 Å². The maximum atomic E-state index is 15.2. The fourth-order valence-electron chi connectivity index (χ4n) is 6.09. The molecule has 0 radical (unpaired) electrons. The summed E-state index contributed by atoms with van der Waals surface area (Å²) >= 11 is 0. The largest absolute Gasteiger partial charge is 0.494 e. The number of benzene rings is 3. The van der Waals surface area contributed by atoms with Crippen LogP contribution in [0, 0.1) is 35.2 Å². The van der Waals surface area contributed by atoms with Gasteiger partial charge in [-0.3, -0.25) is 0 Å². The molecular formula is C33H33F3O. The molecule has 4 heteroatoms. The predicted molar refractivity (Wildman–Crippen MR) is 145 cm³/mol. The highest BCUT2D eigenvalue weighted by atomic mass is 19.2. The molecule has 0 saturated heterocycles. The lowest BCUT2D eigenvalue weighted by molar-refractivity contribution is 0.212. The van der Waals surface area contributed by atoms with E-state index in [1.54, 1.807) is 30.3 Å². The van der Waals surface area contributed by atoms with Crippen molar-refractivity contribution in [2.45, 2.75) is 44.9 Å². The molecule has 192 valence electrons. The molecule has 3 aromatic carbocycles. The van der Waals surface area contributed by atoms with Gasteiger partial charge in [0.25, 0.3) is 0 Å². The third-order valence-corrected chi connectivity index (χ3v) is 8.38. The summed E-state index contributed by atoms with van der Waals surface area (Å²) in [5.74, 6) is -0.137. The molecule has 3 aromatic rings. The zero-order valence-corrected chi connectivity index (χ0v) is 21.3. The second-order valence-electron chi connectivity index (χ2n) is 10.4. The number of halogens is 3. The van der Waals surface area contributed by atoms with Gasteiger partial charge in [-0.2, -0.15) is 4.39 Å². The van der Waals surface area contributed by atoms with Crippen LogP contribution in [-0.2, 0) is 0 Å². The lowest BCUT2D eigenvalue weighted by Crippen LogP contribution is -2.22. The van der Waals surface area contributed by atoms with Crippen LogP contribution in [0.3, 0.4) is 0 Å². The minimum atomic E-state index is -1.01. The topological polar surface area (TPSA) is 9.23 Å². The van der Waals surface area contributed by atoms with E-state index in [0.29, 0.717) is 23.0 Å². The second-order valence-corrected chi connectivity index (χ2v) is 10.4. The van der Waals surface area contributed by atoms with E-state index in [9.17, 15) is 8.78 Å². The van der Waals surface area contributed by atoms with Gasteiger partial charge < -0.3 is 4.74 Å². The molecule has 5 rings (SSSR count). The molecule has 2 aliphatic carbocycles. The van der Waals surface area contributed by atoms with Crippen molar-refractivity contribution in [2.24, 2.45) is 17.8 Å². The molecule has 37 heavy (non-hydrogen) atoms. The molecule has 1 nitrogen and oxygen atoms in total. The lowest BCUT2D eigenvalue weighted by atomic mass is 9.71. The molecular weight excluding hydrogens is 469 g/mol. The minimum Gasteiger partial charge on any atom is -0.494 e. The van der Waals surface area contributed by atoms with Gasteiger partial charge in [0.05, 0.1) is 7.11 Å². The Labute approximate surface area is 217 Å². The molecule has 1 unspecified atom stereocenters. The van der Waals surface area contributed by atoms with Gasteiger partial charge in [-0.15, -0.1) is 6.58 Å². The monoisotopic (exact) mass is 502 g/mol. The van der Waals surface area contributed by atoms with Crippen LogP contribution in [0.25, 0.3) is 27.8 Å².